The molecule has 24 heavy (non-hydrogen) atoms. The lowest BCUT2D eigenvalue weighted by Crippen LogP contribution is -2.28. The molecule has 1 atom stereocenters. The normalized spacial score (nSPS) is 17.8. The first kappa shape index (κ1) is 19.3. The second kappa shape index (κ2) is 11.5. The Morgan fingerprint density at radius 1 is 1.00 bits per heavy atom. The monoisotopic (exact) mass is 334 g/mol. The minimum atomic E-state index is 0.385. The van der Waals surface area contributed by atoms with E-state index >= 15 is 0 Å². The van der Waals surface area contributed by atoms with E-state index in [1.165, 1.54) is 61.8 Å². The molecule has 2 aliphatic carbocycles. The van der Waals surface area contributed by atoms with E-state index in [1.807, 2.05) is 0 Å². The zero-order chi connectivity index (χ0) is 17.0. The van der Waals surface area contributed by atoms with Gasteiger partial charge in [-0.15, -0.1) is 0 Å². The van der Waals surface area contributed by atoms with Gasteiger partial charge in [-0.3, -0.25) is 0 Å². The van der Waals surface area contributed by atoms with Gasteiger partial charge in [-0.1, -0.05) is 64.5 Å². The summed E-state index contributed by atoms with van der Waals surface area (Å²) in [4.78, 5) is 0. The molecule has 0 amide bonds. The van der Waals surface area contributed by atoms with Crippen LogP contribution >= 0.6 is 0 Å². The molecule has 0 bridgehead atoms. The van der Waals surface area contributed by atoms with Crippen LogP contribution in [0, 0.1) is 10.4 Å². The lowest BCUT2D eigenvalue weighted by atomic mass is 10.1. The van der Waals surface area contributed by atoms with Crippen molar-refractivity contribution in [1.82, 2.24) is 0 Å². The molecule has 1 fully saturated rings. The Labute approximate surface area is 147 Å². The molecule has 0 spiro atoms. The highest BCUT2D eigenvalue weighted by Crippen LogP contribution is 2.24. The van der Waals surface area contributed by atoms with E-state index in [4.69, 9.17) is 14.2 Å². The average Bonchev–Trinajstić information content (AvgIpc) is 2.60. The Morgan fingerprint density at radius 2 is 1.83 bits per heavy atom. The van der Waals surface area contributed by atoms with Crippen LogP contribution in [0.15, 0.2) is 18.2 Å². The van der Waals surface area contributed by atoms with Crippen molar-refractivity contribution in [3.8, 4) is 5.75 Å². The van der Waals surface area contributed by atoms with Gasteiger partial charge in [-0.05, 0) is 24.1 Å². The van der Waals surface area contributed by atoms with E-state index in [9.17, 15) is 0 Å². The van der Waals surface area contributed by atoms with Crippen molar-refractivity contribution in [3.63, 3.8) is 0 Å². The van der Waals surface area contributed by atoms with Crippen molar-refractivity contribution >= 4 is 0 Å². The maximum absolute atomic E-state index is 5.61. The van der Waals surface area contributed by atoms with Crippen molar-refractivity contribution in [2.45, 2.75) is 71.3 Å². The summed E-state index contributed by atoms with van der Waals surface area (Å²) in [5, 5.41) is 2.69. The van der Waals surface area contributed by atoms with Gasteiger partial charge in [0.2, 0.25) is 0 Å². The molecule has 3 rings (SSSR count). The molecule has 0 aromatic heterocycles. The summed E-state index contributed by atoms with van der Waals surface area (Å²) in [6.07, 6.45) is 10.6. The number of hydrogen-bond acceptors (Lipinski definition) is 3. The Balaban J connectivity index is 0.000000177. The fourth-order valence-corrected chi connectivity index (χ4v) is 2.91. The van der Waals surface area contributed by atoms with Crippen LogP contribution in [0.4, 0.5) is 0 Å². The predicted molar refractivity (Wildman–Crippen MR) is 98.5 cm³/mol. The molecule has 1 saturated heterocycles. The average molecular weight is 334 g/mol. The van der Waals surface area contributed by atoms with Crippen molar-refractivity contribution in [2.24, 2.45) is 0 Å². The third kappa shape index (κ3) is 6.45. The molecule has 1 heterocycles. The molecule has 1 aliphatic heterocycles. The van der Waals surface area contributed by atoms with Crippen molar-refractivity contribution in [1.29, 1.82) is 0 Å². The quantitative estimate of drug-likeness (QED) is 0.557. The van der Waals surface area contributed by atoms with Crippen LogP contribution in [0.2, 0.25) is 0 Å². The number of hydrogen-bond donors (Lipinski definition) is 0. The minimum absolute atomic E-state index is 0.385. The predicted octanol–water partition coefficient (Wildman–Crippen LogP) is 5.23. The third-order valence-corrected chi connectivity index (χ3v) is 4.56. The molecule has 1 unspecified atom stereocenters. The van der Waals surface area contributed by atoms with Crippen LogP contribution in [0.3, 0.4) is 0 Å². The van der Waals surface area contributed by atoms with Crippen LogP contribution in [-0.2, 0) is 9.47 Å². The van der Waals surface area contributed by atoms with Gasteiger partial charge in [0, 0.05) is 5.22 Å². The molecule has 136 valence electrons. The summed E-state index contributed by atoms with van der Waals surface area (Å²) in [6.45, 7) is 7.71. The van der Waals surface area contributed by atoms with Crippen molar-refractivity contribution in [3.05, 3.63) is 28.6 Å². The van der Waals surface area contributed by atoms with Crippen LogP contribution in [0.25, 0.3) is 0 Å². The molecule has 0 aromatic carbocycles. The Morgan fingerprint density at radius 3 is 2.42 bits per heavy atom. The molecule has 0 saturated carbocycles. The van der Waals surface area contributed by atoms with Gasteiger partial charge in [0.1, 0.15) is 5.75 Å². The Kier molecular flexibility index (Phi) is 9.22. The summed E-state index contributed by atoms with van der Waals surface area (Å²) in [5.74, 6) is 1.11. The zero-order valence-electron chi connectivity index (χ0n) is 15.5. The molecule has 3 aliphatic rings. The number of unbranched alkanes of at least 4 members (excludes halogenated alkanes) is 5. The van der Waals surface area contributed by atoms with Crippen molar-refractivity contribution < 1.29 is 14.2 Å². The molecule has 3 nitrogen and oxygen atoms in total. The SMILES string of the molecule is CCCCCC1COCCO1.CCCCCCOc1cc2ccc1=2. The van der Waals surface area contributed by atoms with E-state index in [0.717, 1.165) is 32.2 Å². The first-order chi connectivity index (χ1) is 11.8. The summed E-state index contributed by atoms with van der Waals surface area (Å²) >= 11 is 0. The van der Waals surface area contributed by atoms with Gasteiger partial charge in [-0.2, -0.15) is 0 Å². The number of rotatable bonds is 10. The largest absolute Gasteiger partial charge is 0.493 e. The minimum Gasteiger partial charge on any atom is -0.493 e. The lowest BCUT2D eigenvalue weighted by molar-refractivity contribution is -0.0912. The summed E-state index contributed by atoms with van der Waals surface area (Å²) < 4.78 is 16.4. The highest BCUT2D eigenvalue weighted by atomic mass is 16.6. The fourth-order valence-electron chi connectivity index (χ4n) is 2.91. The summed E-state index contributed by atoms with van der Waals surface area (Å²) in [6, 6.07) is 6.37. The van der Waals surface area contributed by atoms with Gasteiger partial charge in [0.25, 0.3) is 0 Å². The first-order valence-electron chi connectivity index (χ1n) is 9.81. The summed E-state index contributed by atoms with van der Waals surface area (Å²) in [5.41, 5.74) is 0. The highest BCUT2D eigenvalue weighted by molar-refractivity contribution is 5.38. The second-order valence-electron chi connectivity index (χ2n) is 6.68. The van der Waals surface area contributed by atoms with E-state index in [1.54, 1.807) is 0 Å². The molecular formula is C21H34O3. The van der Waals surface area contributed by atoms with E-state index in [-0.39, 0.29) is 0 Å². The molecule has 0 N–H and O–H groups in total. The van der Waals surface area contributed by atoms with Crippen LogP contribution in [0.5, 0.6) is 5.75 Å². The molecule has 0 radical (unpaired) electrons. The van der Waals surface area contributed by atoms with Gasteiger partial charge in [-0.25, -0.2) is 0 Å². The number of ether oxygens (including phenoxy) is 3. The zero-order valence-corrected chi connectivity index (χ0v) is 15.5. The first-order valence-corrected chi connectivity index (χ1v) is 9.81. The van der Waals surface area contributed by atoms with Gasteiger partial charge in [0.05, 0.1) is 32.5 Å². The smallest absolute Gasteiger partial charge is 0.127 e. The topological polar surface area (TPSA) is 27.7 Å². The van der Waals surface area contributed by atoms with Gasteiger partial charge in [0.15, 0.2) is 0 Å². The van der Waals surface area contributed by atoms with E-state index in [0.29, 0.717) is 6.10 Å². The second-order valence-corrected chi connectivity index (χ2v) is 6.68. The molecule has 0 aromatic rings. The van der Waals surface area contributed by atoms with Crippen molar-refractivity contribution in [2.75, 3.05) is 26.4 Å². The molecular weight excluding hydrogens is 300 g/mol. The van der Waals surface area contributed by atoms with E-state index < -0.39 is 0 Å². The van der Waals surface area contributed by atoms with Crippen LogP contribution in [0.1, 0.15) is 65.2 Å². The van der Waals surface area contributed by atoms with Gasteiger partial charge >= 0.3 is 0 Å². The van der Waals surface area contributed by atoms with Crippen LogP contribution < -0.4 is 4.74 Å². The summed E-state index contributed by atoms with van der Waals surface area (Å²) in [7, 11) is 0. The standard InChI is InChI=1S/C12H16O.C9H18O2/c1-2-3-4-5-8-13-12-9-10-6-7-11(10)12;1-2-3-4-5-9-8-10-6-7-11-9/h6-7,9H,2-5,8H2,1H3;9H,2-8H2,1H3. The molecule has 3 heteroatoms. The number of benzene rings is 1. The van der Waals surface area contributed by atoms with Crippen LogP contribution in [-0.4, -0.2) is 32.5 Å². The van der Waals surface area contributed by atoms with E-state index in [2.05, 4.69) is 32.0 Å². The maximum Gasteiger partial charge on any atom is 0.127 e. The van der Waals surface area contributed by atoms with Gasteiger partial charge < -0.3 is 14.2 Å². The Hall–Kier alpha value is -1.06. The third-order valence-electron chi connectivity index (χ3n) is 4.56. The maximum atomic E-state index is 5.61. The Bertz CT molecular complexity index is 535. The lowest BCUT2D eigenvalue weighted by Gasteiger charge is -2.22. The fraction of sp³-hybridized carbons (Fsp3) is 0.714. The highest BCUT2D eigenvalue weighted by Gasteiger charge is 2.12.